The van der Waals surface area contributed by atoms with Crippen LogP contribution in [0.25, 0.3) is 0 Å². The molecule has 0 saturated carbocycles. The first kappa shape index (κ1) is 17.7. The summed E-state index contributed by atoms with van der Waals surface area (Å²) in [6.45, 7) is 9.70. The first-order valence-electron chi connectivity index (χ1n) is 6.96. The molecule has 1 rings (SSSR count). The first-order chi connectivity index (χ1) is 8.26. The van der Waals surface area contributed by atoms with Crippen LogP contribution in [-0.4, -0.2) is 50.1 Å². The molecule has 108 valence electrons. The predicted octanol–water partition coefficient (Wildman–Crippen LogP) is 1.26. The van der Waals surface area contributed by atoms with Crippen molar-refractivity contribution in [3.63, 3.8) is 0 Å². The molecule has 0 aliphatic carbocycles. The molecule has 0 aromatic carbocycles. The van der Waals surface area contributed by atoms with Gasteiger partial charge in [0, 0.05) is 6.54 Å². The molecule has 0 radical (unpaired) electrons. The van der Waals surface area contributed by atoms with Gasteiger partial charge >= 0.3 is 0 Å². The van der Waals surface area contributed by atoms with Crippen LogP contribution in [0.1, 0.15) is 33.1 Å². The number of amides is 1. The minimum absolute atomic E-state index is 0. The van der Waals surface area contributed by atoms with Crippen molar-refractivity contribution in [1.82, 2.24) is 15.5 Å². The van der Waals surface area contributed by atoms with Gasteiger partial charge in [0.1, 0.15) is 0 Å². The monoisotopic (exact) mass is 277 g/mol. The SMILES string of the molecule is CCNC(=O)CN(CC)CCC1CCNCC1.Cl. The van der Waals surface area contributed by atoms with E-state index in [0.29, 0.717) is 6.54 Å². The van der Waals surface area contributed by atoms with Gasteiger partial charge in [-0.2, -0.15) is 0 Å². The lowest BCUT2D eigenvalue weighted by atomic mass is 9.94. The minimum Gasteiger partial charge on any atom is -0.355 e. The molecule has 18 heavy (non-hydrogen) atoms. The summed E-state index contributed by atoms with van der Waals surface area (Å²) in [7, 11) is 0. The highest BCUT2D eigenvalue weighted by molar-refractivity contribution is 5.85. The van der Waals surface area contributed by atoms with Gasteiger partial charge in [0.25, 0.3) is 0 Å². The van der Waals surface area contributed by atoms with E-state index in [1.807, 2.05) is 6.92 Å². The molecule has 0 atom stereocenters. The van der Waals surface area contributed by atoms with Crippen LogP contribution in [0, 0.1) is 5.92 Å². The zero-order valence-corrected chi connectivity index (χ0v) is 12.5. The van der Waals surface area contributed by atoms with Crippen molar-refractivity contribution in [2.75, 3.05) is 39.3 Å². The molecular formula is C13H28ClN3O. The molecule has 0 bridgehead atoms. The van der Waals surface area contributed by atoms with E-state index >= 15 is 0 Å². The fraction of sp³-hybridized carbons (Fsp3) is 0.923. The van der Waals surface area contributed by atoms with Gasteiger partial charge in [0.05, 0.1) is 6.54 Å². The number of nitrogens with zero attached hydrogens (tertiary/aromatic N) is 1. The lowest BCUT2D eigenvalue weighted by Crippen LogP contribution is -2.38. The molecule has 4 nitrogen and oxygen atoms in total. The van der Waals surface area contributed by atoms with E-state index in [-0.39, 0.29) is 18.3 Å². The first-order valence-corrected chi connectivity index (χ1v) is 6.96. The maximum Gasteiger partial charge on any atom is 0.234 e. The van der Waals surface area contributed by atoms with Gasteiger partial charge in [-0.25, -0.2) is 0 Å². The van der Waals surface area contributed by atoms with Crippen molar-refractivity contribution >= 4 is 18.3 Å². The van der Waals surface area contributed by atoms with Gasteiger partial charge in [-0.15, -0.1) is 12.4 Å². The summed E-state index contributed by atoms with van der Waals surface area (Å²) in [6.07, 6.45) is 3.81. The Labute approximate surface area is 117 Å². The zero-order valence-electron chi connectivity index (χ0n) is 11.7. The van der Waals surface area contributed by atoms with Crippen LogP contribution in [-0.2, 0) is 4.79 Å². The molecule has 1 aliphatic heterocycles. The second-order valence-corrected chi connectivity index (χ2v) is 4.80. The summed E-state index contributed by atoms with van der Waals surface area (Å²) in [5.41, 5.74) is 0. The van der Waals surface area contributed by atoms with Crippen molar-refractivity contribution in [2.24, 2.45) is 5.92 Å². The van der Waals surface area contributed by atoms with Crippen LogP contribution in [0.5, 0.6) is 0 Å². The summed E-state index contributed by atoms with van der Waals surface area (Å²) in [4.78, 5) is 13.7. The number of nitrogens with one attached hydrogen (secondary N) is 2. The molecule has 0 unspecified atom stereocenters. The van der Waals surface area contributed by atoms with E-state index in [4.69, 9.17) is 0 Å². The second-order valence-electron chi connectivity index (χ2n) is 4.80. The van der Waals surface area contributed by atoms with Crippen molar-refractivity contribution in [2.45, 2.75) is 33.1 Å². The fourth-order valence-electron chi connectivity index (χ4n) is 2.34. The number of hydrogen-bond acceptors (Lipinski definition) is 3. The van der Waals surface area contributed by atoms with Crippen LogP contribution in [0.2, 0.25) is 0 Å². The number of halogens is 1. The van der Waals surface area contributed by atoms with E-state index in [0.717, 1.165) is 38.6 Å². The van der Waals surface area contributed by atoms with Crippen molar-refractivity contribution in [3.05, 3.63) is 0 Å². The van der Waals surface area contributed by atoms with Crippen molar-refractivity contribution < 1.29 is 4.79 Å². The largest absolute Gasteiger partial charge is 0.355 e. The van der Waals surface area contributed by atoms with Crippen LogP contribution in [0.3, 0.4) is 0 Å². The number of hydrogen-bond donors (Lipinski definition) is 2. The van der Waals surface area contributed by atoms with Gasteiger partial charge in [-0.1, -0.05) is 6.92 Å². The minimum atomic E-state index is 0. The van der Waals surface area contributed by atoms with E-state index in [1.54, 1.807) is 0 Å². The highest BCUT2D eigenvalue weighted by Gasteiger charge is 2.15. The van der Waals surface area contributed by atoms with E-state index < -0.39 is 0 Å². The third-order valence-corrected chi connectivity index (χ3v) is 3.50. The second kappa shape index (κ2) is 10.6. The average Bonchev–Trinajstić information content (AvgIpc) is 2.36. The van der Waals surface area contributed by atoms with Gasteiger partial charge in [0.15, 0.2) is 0 Å². The van der Waals surface area contributed by atoms with Gasteiger partial charge in [-0.3, -0.25) is 9.69 Å². The molecule has 1 amide bonds. The number of rotatable bonds is 7. The molecule has 1 heterocycles. The summed E-state index contributed by atoms with van der Waals surface area (Å²) in [5.74, 6) is 0.999. The Balaban J connectivity index is 0.00000289. The number of carbonyl (C=O) groups excluding carboxylic acids is 1. The van der Waals surface area contributed by atoms with Crippen LogP contribution in [0.15, 0.2) is 0 Å². The third kappa shape index (κ3) is 7.19. The van der Waals surface area contributed by atoms with E-state index in [1.165, 1.54) is 19.3 Å². The Hall–Kier alpha value is -0.320. The van der Waals surface area contributed by atoms with Crippen molar-refractivity contribution in [3.8, 4) is 0 Å². The standard InChI is InChI=1S/C13H27N3O.ClH/c1-3-15-13(17)11-16(4-2)10-7-12-5-8-14-9-6-12;/h12,14H,3-11H2,1-2H3,(H,15,17);1H. The number of piperidine rings is 1. The quantitative estimate of drug-likeness (QED) is 0.736. The van der Waals surface area contributed by atoms with Gasteiger partial charge in [0.2, 0.25) is 5.91 Å². The summed E-state index contributed by atoms with van der Waals surface area (Å²) >= 11 is 0. The average molecular weight is 278 g/mol. The predicted molar refractivity (Wildman–Crippen MR) is 78.3 cm³/mol. The lowest BCUT2D eigenvalue weighted by molar-refractivity contribution is -0.122. The third-order valence-electron chi connectivity index (χ3n) is 3.50. The summed E-state index contributed by atoms with van der Waals surface area (Å²) in [6, 6.07) is 0. The molecule has 5 heteroatoms. The Morgan fingerprint density at radius 2 is 2.00 bits per heavy atom. The van der Waals surface area contributed by atoms with E-state index in [2.05, 4.69) is 22.5 Å². The Morgan fingerprint density at radius 1 is 1.33 bits per heavy atom. The lowest BCUT2D eigenvalue weighted by Gasteiger charge is -2.26. The Bertz CT molecular complexity index is 220. The highest BCUT2D eigenvalue weighted by Crippen LogP contribution is 2.16. The molecule has 0 aromatic heterocycles. The molecule has 1 saturated heterocycles. The summed E-state index contributed by atoms with van der Waals surface area (Å²) < 4.78 is 0. The van der Waals surface area contributed by atoms with Gasteiger partial charge in [-0.05, 0) is 58.3 Å². The van der Waals surface area contributed by atoms with Gasteiger partial charge < -0.3 is 10.6 Å². The molecular weight excluding hydrogens is 250 g/mol. The normalized spacial score (nSPS) is 16.4. The summed E-state index contributed by atoms with van der Waals surface area (Å²) in [5, 5.41) is 6.25. The Kier molecular flexibility index (Phi) is 10.4. The maximum absolute atomic E-state index is 11.5. The van der Waals surface area contributed by atoms with Crippen molar-refractivity contribution in [1.29, 1.82) is 0 Å². The van der Waals surface area contributed by atoms with Crippen LogP contribution < -0.4 is 10.6 Å². The molecule has 0 spiro atoms. The van der Waals surface area contributed by atoms with Crippen LogP contribution in [0.4, 0.5) is 0 Å². The van der Waals surface area contributed by atoms with E-state index in [9.17, 15) is 4.79 Å². The zero-order chi connectivity index (χ0) is 12.5. The topological polar surface area (TPSA) is 44.4 Å². The molecule has 0 aromatic rings. The fourth-order valence-corrected chi connectivity index (χ4v) is 2.34. The smallest absolute Gasteiger partial charge is 0.234 e. The highest BCUT2D eigenvalue weighted by atomic mass is 35.5. The molecule has 2 N–H and O–H groups in total. The molecule has 1 fully saturated rings. The Morgan fingerprint density at radius 3 is 2.56 bits per heavy atom. The number of likely N-dealkylation sites (N-methyl/N-ethyl adjacent to an activating group) is 2. The maximum atomic E-state index is 11.5. The molecule has 1 aliphatic rings. The van der Waals surface area contributed by atoms with Crippen LogP contribution >= 0.6 is 12.4 Å². The number of carbonyl (C=O) groups is 1.